The average molecular weight is 426 g/mol. The van der Waals surface area contributed by atoms with Crippen molar-refractivity contribution in [2.45, 2.75) is 17.9 Å². The molecule has 2 heterocycles. The summed E-state index contributed by atoms with van der Waals surface area (Å²) in [5, 5.41) is 7.00. The minimum atomic E-state index is -4.51. The lowest BCUT2D eigenvalue weighted by molar-refractivity contribution is -0.161. The predicted octanol–water partition coefficient (Wildman–Crippen LogP) is 3.76. The number of ether oxygens (including phenoxy) is 1. The van der Waals surface area contributed by atoms with Crippen molar-refractivity contribution < 1.29 is 27.1 Å². The monoisotopic (exact) mass is 426 g/mol. The molecule has 3 aromatic rings. The molecule has 2 aromatic heterocycles. The number of aromatic amines is 1. The van der Waals surface area contributed by atoms with E-state index in [1.54, 1.807) is 37.4 Å². The number of methoxy groups -OCH3 is 1. The van der Waals surface area contributed by atoms with Gasteiger partial charge >= 0.3 is 6.18 Å². The van der Waals surface area contributed by atoms with Crippen LogP contribution in [0.1, 0.15) is 5.76 Å². The first-order chi connectivity index (χ1) is 13.8. The number of alkyl halides is 3. The highest BCUT2D eigenvalue weighted by Gasteiger charge is 2.33. The highest BCUT2D eigenvalue weighted by molar-refractivity contribution is 7.99. The van der Waals surface area contributed by atoms with Crippen molar-refractivity contribution in [3.8, 4) is 17.1 Å². The molecule has 0 bridgehead atoms. The Bertz CT molecular complexity index is 927. The number of nitrogens with zero attached hydrogens (tertiary/aromatic N) is 3. The summed E-state index contributed by atoms with van der Waals surface area (Å²) in [5.41, 5.74) is 0.757. The maximum atomic E-state index is 12.8. The number of thioether (sulfide) groups is 1. The number of hydrogen-bond donors (Lipinski definition) is 1. The van der Waals surface area contributed by atoms with Crippen molar-refractivity contribution in [3.63, 3.8) is 0 Å². The second kappa shape index (κ2) is 9.03. The number of amides is 1. The Balaban J connectivity index is 1.62. The van der Waals surface area contributed by atoms with Crippen LogP contribution in [0.15, 0.2) is 52.2 Å². The molecule has 0 aliphatic rings. The lowest BCUT2D eigenvalue weighted by Crippen LogP contribution is -2.39. The van der Waals surface area contributed by atoms with E-state index < -0.39 is 18.6 Å². The van der Waals surface area contributed by atoms with E-state index in [-0.39, 0.29) is 23.2 Å². The average Bonchev–Trinajstić information content (AvgIpc) is 3.36. The third-order valence-corrected chi connectivity index (χ3v) is 4.63. The van der Waals surface area contributed by atoms with Crippen molar-refractivity contribution in [1.29, 1.82) is 0 Å². The van der Waals surface area contributed by atoms with Gasteiger partial charge < -0.3 is 14.1 Å². The Hall–Kier alpha value is -2.95. The van der Waals surface area contributed by atoms with Gasteiger partial charge in [-0.15, -0.1) is 5.10 Å². The Morgan fingerprint density at radius 3 is 2.66 bits per heavy atom. The van der Waals surface area contributed by atoms with Gasteiger partial charge in [-0.2, -0.15) is 13.2 Å². The van der Waals surface area contributed by atoms with Crippen LogP contribution in [0.4, 0.5) is 13.2 Å². The summed E-state index contributed by atoms with van der Waals surface area (Å²) in [7, 11) is 1.56. The van der Waals surface area contributed by atoms with E-state index in [2.05, 4.69) is 15.2 Å². The van der Waals surface area contributed by atoms with E-state index in [9.17, 15) is 18.0 Å². The first-order valence-electron chi connectivity index (χ1n) is 8.40. The van der Waals surface area contributed by atoms with Crippen molar-refractivity contribution >= 4 is 17.7 Å². The van der Waals surface area contributed by atoms with E-state index >= 15 is 0 Å². The Morgan fingerprint density at radius 2 is 2.03 bits per heavy atom. The summed E-state index contributed by atoms with van der Waals surface area (Å²) in [5.74, 6) is 0.503. The van der Waals surface area contributed by atoms with E-state index in [4.69, 9.17) is 9.15 Å². The number of carbonyl (C=O) groups excluding carboxylic acids is 1. The zero-order valence-corrected chi connectivity index (χ0v) is 16.1. The molecule has 7 nitrogen and oxygen atoms in total. The van der Waals surface area contributed by atoms with Gasteiger partial charge in [0.25, 0.3) is 0 Å². The van der Waals surface area contributed by atoms with E-state index in [1.165, 1.54) is 12.3 Å². The molecule has 0 unspecified atom stereocenters. The lowest BCUT2D eigenvalue weighted by atomic mass is 10.2. The molecule has 0 fully saturated rings. The fourth-order valence-electron chi connectivity index (χ4n) is 2.45. The van der Waals surface area contributed by atoms with Gasteiger partial charge in [-0.25, -0.2) is 4.98 Å². The summed E-state index contributed by atoms with van der Waals surface area (Å²) in [6.07, 6.45) is -3.17. The van der Waals surface area contributed by atoms with Crippen LogP contribution in [0, 0.1) is 0 Å². The number of furan rings is 1. The minimum Gasteiger partial charge on any atom is -0.497 e. The van der Waals surface area contributed by atoms with Gasteiger partial charge in [0.15, 0.2) is 5.82 Å². The second-order valence-electron chi connectivity index (χ2n) is 5.93. The maximum absolute atomic E-state index is 12.8. The van der Waals surface area contributed by atoms with E-state index in [0.29, 0.717) is 16.5 Å². The van der Waals surface area contributed by atoms with Crippen LogP contribution in [-0.2, 0) is 11.3 Å². The molecule has 29 heavy (non-hydrogen) atoms. The molecule has 1 aromatic carbocycles. The SMILES string of the molecule is COc1ccc(-c2nc(SCC(=O)N(Cc3ccco3)CC(F)(F)F)n[nH]2)cc1. The van der Waals surface area contributed by atoms with Crippen LogP contribution in [0.3, 0.4) is 0 Å². The van der Waals surface area contributed by atoms with Crippen molar-refractivity contribution in [2.24, 2.45) is 0 Å². The van der Waals surface area contributed by atoms with Gasteiger partial charge in [-0.3, -0.25) is 9.89 Å². The standard InChI is InChI=1S/C18H17F3N4O3S/c1-27-13-6-4-12(5-7-13)16-22-17(24-23-16)29-10-15(26)25(11-18(19,20)21)9-14-3-2-8-28-14/h2-8H,9-11H2,1H3,(H,22,23,24). The third-order valence-electron chi connectivity index (χ3n) is 3.80. The Kier molecular flexibility index (Phi) is 6.47. The van der Waals surface area contributed by atoms with Gasteiger partial charge in [0.1, 0.15) is 18.1 Å². The zero-order chi connectivity index (χ0) is 20.9. The van der Waals surface area contributed by atoms with Gasteiger partial charge in [0.2, 0.25) is 11.1 Å². The van der Waals surface area contributed by atoms with Gasteiger partial charge in [0.05, 0.1) is 25.7 Å². The van der Waals surface area contributed by atoms with Crippen LogP contribution in [-0.4, -0.2) is 51.6 Å². The highest BCUT2D eigenvalue weighted by Crippen LogP contribution is 2.23. The van der Waals surface area contributed by atoms with Crippen LogP contribution in [0.2, 0.25) is 0 Å². The number of carbonyl (C=O) groups is 1. The van der Waals surface area contributed by atoms with Crippen LogP contribution < -0.4 is 4.74 Å². The number of hydrogen-bond acceptors (Lipinski definition) is 6. The molecule has 1 amide bonds. The molecule has 0 saturated carbocycles. The molecule has 0 saturated heterocycles. The van der Waals surface area contributed by atoms with Crippen molar-refractivity contribution in [3.05, 3.63) is 48.4 Å². The van der Waals surface area contributed by atoms with E-state index in [1.807, 2.05) is 0 Å². The lowest BCUT2D eigenvalue weighted by Gasteiger charge is -2.22. The normalized spacial score (nSPS) is 11.4. The fraction of sp³-hybridized carbons (Fsp3) is 0.278. The molecule has 1 N–H and O–H groups in total. The summed E-state index contributed by atoms with van der Waals surface area (Å²) in [6.45, 7) is -1.63. The molecule has 0 atom stereocenters. The van der Waals surface area contributed by atoms with Crippen LogP contribution in [0.25, 0.3) is 11.4 Å². The first kappa shape index (κ1) is 20.8. The number of benzene rings is 1. The number of H-pyrrole nitrogens is 1. The molecule has 0 aliphatic heterocycles. The number of nitrogens with one attached hydrogen (secondary N) is 1. The number of halogens is 3. The fourth-order valence-corrected chi connectivity index (χ4v) is 3.15. The Morgan fingerprint density at radius 1 is 1.28 bits per heavy atom. The van der Waals surface area contributed by atoms with Crippen molar-refractivity contribution in [2.75, 3.05) is 19.4 Å². The minimum absolute atomic E-state index is 0.239. The zero-order valence-electron chi connectivity index (χ0n) is 15.3. The second-order valence-corrected chi connectivity index (χ2v) is 6.87. The maximum Gasteiger partial charge on any atom is 0.406 e. The van der Waals surface area contributed by atoms with Gasteiger partial charge in [0, 0.05) is 5.56 Å². The molecule has 0 spiro atoms. The largest absolute Gasteiger partial charge is 0.497 e. The summed E-state index contributed by atoms with van der Waals surface area (Å²) in [6, 6.07) is 10.2. The van der Waals surface area contributed by atoms with Crippen molar-refractivity contribution in [1.82, 2.24) is 20.1 Å². The predicted molar refractivity (Wildman–Crippen MR) is 99.3 cm³/mol. The molecule has 0 radical (unpaired) electrons. The van der Waals surface area contributed by atoms with Gasteiger partial charge in [-0.1, -0.05) is 11.8 Å². The van der Waals surface area contributed by atoms with Crippen LogP contribution in [0.5, 0.6) is 5.75 Å². The number of rotatable bonds is 8. The third kappa shape index (κ3) is 6.01. The van der Waals surface area contributed by atoms with E-state index in [0.717, 1.165) is 17.3 Å². The smallest absolute Gasteiger partial charge is 0.406 e. The van der Waals surface area contributed by atoms with Gasteiger partial charge in [-0.05, 0) is 36.4 Å². The number of aromatic nitrogens is 3. The molecule has 11 heteroatoms. The molecule has 154 valence electrons. The van der Waals surface area contributed by atoms with Crippen LogP contribution >= 0.6 is 11.8 Å². The topological polar surface area (TPSA) is 84.2 Å². The first-order valence-corrected chi connectivity index (χ1v) is 9.39. The quantitative estimate of drug-likeness (QED) is 0.552. The Labute approximate surface area is 168 Å². The highest BCUT2D eigenvalue weighted by atomic mass is 32.2. The summed E-state index contributed by atoms with van der Waals surface area (Å²) < 4.78 is 48.6. The molecule has 3 rings (SSSR count). The molecule has 0 aliphatic carbocycles. The molecular formula is C18H17F3N4O3S. The summed E-state index contributed by atoms with van der Waals surface area (Å²) in [4.78, 5) is 17.3. The molecular weight excluding hydrogens is 409 g/mol. The summed E-state index contributed by atoms with van der Waals surface area (Å²) >= 11 is 0.951.